The van der Waals surface area contributed by atoms with E-state index in [-0.39, 0.29) is 0 Å². The lowest BCUT2D eigenvalue weighted by Gasteiger charge is -2.36. The molecule has 3 rings (SSSR count). The fourth-order valence-electron chi connectivity index (χ4n) is 3.76. The molecule has 6 nitrogen and oxygen atoms in total. The summed E-state index contributed by atoms with van der Waals surface area (Å²) in [4.78, 5) is 9.77. The SMILES string of the molecule is CCNC(=NCCCN1CCN(c2ccc(OC)cc2)CC1)NC1CC=CC1. The summed E-state index contributed by atoms with van der Waals surface area (Å²) in [5.41, 5.74) is 1.29. The monoisotopic (exact) mass is 385 g/mol. The molecule has 0 aromatic heterocycles. The smallest absolute Gasteiger partial charge is 0.191 e. The molecule has 28 heavy (non-hydrogen) atoms. The van der Waals surface area contributed by atoms with E-state index < -0.39 is 0 Å². The van der Waals surface area contributed by atoms with Gasteiger partial charge in [-0.05, 0) is 50.5 Å². The van der Waals surface area contributed by atoms with Gasteiger partial charge in [0.05, 0.1) is 7.11 Å². The zero-order valence-corrected chi connectivity index (χ0v) is 17.4. The second-order valence-electron chi connectivity index (χ2n) is 7.42. The number of aliphatic imine (C=N–C) groups is 1. The third-order valence-electron chi connectivity index (χ3n) is 5.41. The van der Waals surface area contributed by atoms with Crippen molar-refractivity contribution < 1.29 is 4.74 Å². The average molecular weight is 386 g/mol. The Hall–Kier alpha value is -2.21. The van der Waals surface area contributed by atoms with Crippen molar-refractivity contribution in [2.24, 2.45) is 4.99 Å². The van der Waals surface area contributed by atoms with Gasteiger partial charge in [0.25, 0.3) is 0 Å². The average Bonchev–Trinajstić information content (AvgIpc) is 3.25. The largest absolute Gasteiger partial charge is 0.497 e. The molecule has 6 heteroatoms. The van der Waals surface area contributed by atoms with Gasteiger partial charge in [0.15, 0.2) is 5.96 Å². The molecule has 1 aliphatic heterocycles. The first kappa shape index (κ1) is 20.5. The number of benzene rings is 1. The summed E-state index contributed by atoms with van der Waals surface area (Å²) in [7, 11) is 1.71. The zero-order valence-electron chi connectivity index (χ0n) is 17.4. The molecule has 0 spiro atoms. The van der Waals surface area contributed by atoms with Crippen LogP contribution in [0, 0.1) is 0 Å². The van der Waals surface area contributed by atoms with Crippen LogP contribution in [-0.4, -0.2) is 69.8 Å². The number of guanidine groups is 1. The minimum atomic E-state index is 0.504. The molecule has 1 heterocycles. The number of piperazine rings is 1. The van der Waals surface area contributed by atoms with Crippen molar-refractivity contribution in [1.82, 2.24) is 15.5 Å². The van der Waals surface area contributed by atoms with Crippen molar-refractivity contribution in [3.63, 3.8) is 0 Å². The van der Waals surface area contributed by atoms with Crippen LogP contribution >= 0.6 is 0 Å². The molecule has 0 radical (unpaired) electrons. The molecule has 0 bridgehead atoms. The van der Waals surface area contributed by atoms with Crippen molar-refractivity contribution in [1.29, 1.82) is 0 Å². The Balaban J connectivity index is 1.36. The predicted octanol–water partition coefficient (Wildman–Crippen LogP) is 2.48. The van der Waals surface area contributed by atoms with E-state index in [9.17, 15) is 0 Å². The second kappa shape index (κ2) is 11.0. The van der Waals surface area contributed by atoms with E-state index in [1.165, 1.54) is 5.69 Å². The maximum atomic E-state index is 5.25. The summed E-state index contributed by atoms with van der Waals surface area (Å²) in [6.07, 6.45) is 7.79. The van der Waals surface area contributed by atoms with E-state index >= 15 is 0 Å². The Morgan fingerprint density at radius 2 is 1.82 bits per heavy atom. The predicted molar refractivity (Wildman–Crippen MR) is 118 cm³/mol. The summed E-state index contributed by atoms with van der Waals surface area (Å²) in [6, 6.07) is 8.88. The molecule has 1 aromatic carbocycles. The highest BCUT2D eigenvalue weighted by atomic mass is 16.5. The highest BCUT2D eigenvalue weighted by Gasteiger charge is 2.17. The van der Waals surface area contributed by atoms with Crippen LogP contribution in [0.2, 0.25) is 0 Å². The van der Waals surface area contributed by atoms with Gasteiger partial charge >= 0.3 is 0 Å². The Kier molecular flexibility index (Phi) is 8.03. The van der Waals surface area contributed by atoms with Gasteiger partial charge in [-0.2, -0.15) is 0 Å². The van der Waals surface area contributed by atoms with Gasteiger partial charge in [-0.25, -0.2) is 0 Å². The number of anilines is 1. The summed E-state index contributed by atoms with van der Waals surface area (Å²) in [5, 5.41) is 6.90. The van der Waals surface area contributed by atoms with Crippen LogP contribution in [0.25, 0.3) is 0 Å². The van der Waals surface area contributed by atoms with Crippen LogP contribution in [0.15, 0.2) is 41.4 Å². The van der Waals surface area contributed by atoms with Crippen molar-refractivity contribution in [3.8, 4) is 5.75 Å². The van der Waals surface area contributed by atoms with Gasteiger partial charge in [0.2, 0.25) is 0 Å². The van der Waals surface area contributed by atoms with E-state index in [4.69, 9.17) is 9.73 Å². The molecule has 2 N–H and O–H groups in total. The number of nitrogens with one attached hydrogen (secondary N) is 2. The minimum Gasteiger partial charge on any atom is -0.497 e. The number of rotatable bonds is 8. The minimum absolute atomic E-state index is 0.504. The number of hydrogen-bond donors (Lipinski definition) is 2. The van der Waals surface area contributed by atoms with Gasteiger partial charge in [0.1, 0.15) is 5.75 Å². The van der Waals surface area contributed by atoms with Gasteiger partial charge in [-0.15, -0.1) is 0 Å². The molecule has 0 unspecified atom stereocenters. The van der Waals surface area contributed by atoms with Crippen molar-refractivity contribution in [2.45, 2.75) is 32.2 Å². The molecule has 1 aromatic rings. The van der Waals surface area contributed by atoms with E-state index in [1.807, 2.05) is 12.1 Å². The fraction of sp³-hybridized carbons (Fsp3) is 0.591. The third kappa shape index (κ3) is 6.16. The maximum Gasteiger partial charge on any atom is 0.191 e. The van der Waals surface area contributed by atoms with Gasteiger partial charge < -0.3 is 20.3 Å². The van der Waals surface area contributed by atoms with Crippen LogP contribution in [0.5, 0.6) is 5.75 Å². The van der Waals surface area contributed by atoms with E-state index in [0.717, 1.165) is 76.8 Å². The molecule has 1 fully saturated rings. The second-order valence-corrected chi connectivity index (χ2v) is 7.42. The summed E-state index contributed by atoms with van der Waals surface area (Å²) in [5.74, 6) is 1.87. The normalized spacial score (nSPS) is 18.5. The van der Waals surface area contributed by atoms with Crippen LogP contribution in [0.4, 0.5) is 5.69 Å². The lowest BCUT2D eigenvalue weighted by Crippen LogP contribution is -2.46. The first-order chi connectivity index (χ1) is 13.8. The Labute approximate surface area is 169 Å². The van der Waals surface area contributed by atoms with Crippen molar-refractivity contribution in [2.75, 3.05) is 57.8 Å². The third-order valence-corrected chi connectivity index (χ3v) is 5.41. The first-order valence-corrected chi connectivity index (χ1v) is 10.6. The number of nitrogens with zero attached hydrogens (tertiary/aromatic N) is 3. The number of hydrogen-bond acceptors (Lipinski definition) is 4. The molecule has 1 aliphatic carbocycles. The zero-order chi connectivity index (χ0) is 19.6. The van der Waals surface area contributed by atoms with Crippen LogP contribution in [0.1, 0.15) is 26.2 Å². The molecule has 2 aliphatic rings. The van der Waals surface area contributed by atoms with Crippen LogP contribution in [-0.2, 0) is 0 Å². The van der Waals surface area contributed by atoms with Gasteiger partial charge in [0, 0.05) is 57.5 Å². The Morgan fingerprint density at radius 1 is 1.11 bits per heavy atom. The lowest BCUT2D eigenvalue weighted by atomic mass is 10.2. The Bertz CT molecular complexity index is 627. The van der Waals surface area contributed by atoms with E-state index in [1.54, 1.807) is 7.11 Å². The molecule has 0 atom stereocenters. The molecular formula is C22H35N5O. The summed E-state index contributed by atoms with van der Waals surface area (Å²) in [6.45, 7) is 9.39. The highest BCUT2D eigenvalue weighted by Crippen LogP contribution is 2.20. The molecule has 0 saturated carbocycles. The number of methoxy groups -OCH3 is 1. The van der Waals surface area contributed by atoms with Gasteiger partial charge in [-0.1, -0.05) is 12.2 Å². The van der Waals surface area contributed by atoms with E-state index in [2.05, 4.69) is 51.6 Å². The number of ether oxygens (including phenoxy) is 1. The highest BCUT2D eigenvalue weighted by molar-refractivity contribution is 5.80. The standard InChI is InChI=1S/C22H35N5O/c1-3-23-22(25-19-7-4-5-8-19)24-13-6-14-26-15-17-27(18-16-26)20-9-11-21(28-2)12-10-20/h4-5,9-12,19H,3,6-8,13-18H2,1-2H3,(H2,23,24,25). The fourth-order valence-corrected chi connectivity index (χ4v) is 3.76. The van der Waals surface area contributed by atoms with Gasteiger partial charge in [-0.3, -0.25) is 9.89 Å². The van der Waals surface area contributed by atoms with Crippen molar-refractivity contribution >= 4 is 11.6 Å². The molecule has 1 saturated heterocycles. The Morgan fingerprint density at radius 3 is 2.46 bits per heavy atom. The maximum absolute atomic E-state index is 5.25. The van der Waals surface area contributed by atoms with Crippen LogP contribution < -0.4 is 20.3 Å². The molecule has 154 valence electrons. The lowest BCUT2D eigenvalue weighted by molar-refractivity contribution is 0.256. The molecular weight excluding hydrogens is 350 g/mol. The summed E-state index contributed by atoms with van der Waals surface area (Å²) < 4.78 is 5.25. The quantitative estimate of drug-likeness (QED) is 0.312. The molecule has 0 amide bonds. The van der Waals surface area contributed by atoms with E-state index in [0.29, 0.717) is 6.04 Å². The summed E-state index contributed by atoms with van der Waals surface area (Å²) >= 11 is 0. The van der Waals surface area contributed by atoms with Crippen LogP contribution in [0.3, 0.4) is 0 Å². The first-order valence-electron chi connectivity index (χ1n) is 10.6. The van der Waals surface area contributed by atoms with Crippen molar-refractivity contribution in [3.05, 3.63) is 36.4 Å². The topological polar surface area (TPSA) is 52.1 Å².